The second-order valence-corrected chi connectivity index (χ2v) is 5.85. The summed E-state index contributed by atoms with van der Waals surface area (Å²) in [4.78, 5) is 23.8. The van der Waals surface area contributed by atoms with Crippen molar-refractivity contribution in [1.82, 2.24) is 5.32 Å². The van der Waals surface area contributed by atoms with Gasteiger partial charge in [-0.05, 0) is 24.3 Å². The van der Waals surface area contributed by atoms with Crippen molar-refractivity contribution in [3.63, 3.8) is 0 Å². The molecule has 1 atom stereocenters. The van der Waals surface area contributed by atoms with Gasteiger partial charge < -0.3 is 15.4 Å². The second-order valence-electron chi connectivity index (χ2n) is 5.04. The number of rotatable bonds is 5. The third-order valence-corrected chi connectivity index (χ3v) is 4.00. The Morgan fingerprint density at radius 3 is 2.48 bits per heavy atom. The summed E-state index contributed by atoms with van der Waals surface area (Å²) >= 11 is 11.7. The third-order valence-electron chi connectivity index (χ3n) is 3.37. The van der Waals surface area contributed by atoms with Crippen molar-refractivity contribution in [3.8, 4) is 0 Å². The second kappa shape index (κ2) is 8.80. The van der Waals surface area contributed by atoms with E-state index in [1.165, 1.54) is 19.2 Å². The van der Waals surface area contributed by atoms with E-state index in [-0.39, 0.29) is 17.3 Å². The van der Waals surface area contributed by atoms with E-state index < -0.39 is 23.7 Å². The Labute approximate surface area is 154 Å². The van der Waals surface area contributed by atoms with Crippen molar-refractivity contribution >= 4 is 40.7 Å². The number of carbonyl (C=O) groups excluding carboxylic acids is 2. The quantitative estimate of drug-likeness (QED) is 0.774. The Hall–Kier alpha value is -2.15. The molecule has 5 nitrogen and oxygen atoms in total. The Bertz CT molecular complexity index is 786. The predicted molar refractivity (Wildman–Crippen MR) is 94.3 cm³/mol. The van der Waals surface area contributed by atoms with Gasteiger partial charge in [0.15, 0.2) is 0 Å². The third kappa shape index (κ3) is 5.16. The summed E-state index contributed by atoms with van der Waals surface area (Å²) in [5.74, 6) is -2.39. The van der Waals surface area contributed by atoms with Gasteiger partial charge in [0.1, 0.15) is 11.9 Å². The molecule has 2 aromatic rings. The molecule has 0 aromatic heterocycles. The molecule has 2 aromatic carbocycles. The lowest BCUT2D eigenvalue weighted by Gasteiger charge is -2.17. The van der Waals surface area contributed by atoms with Crippen molar-refractivity contribution in [2.24, 2.45) is 0 Å². The minimum atomic E-state index is -0.906. The average molecular weight is 385 g/mol. The number of nitrogens with one attached hydrogen (secondary N) is 2. The molecule has 2 amide bonds. The van der Waals surface area contributed by atoms with E-state index in [2.05, 4.69) is 10.6 Å². The Morgan fingerprint density at radius 1 is 1.12 bits per heavy atom. The monoisotopic (exact) mass is 384 g/mol. The van der Waals surface area contributed by atoms with Crippen LogP contribution in [-0.4, -0.2) is 25.5 Å². The van der Waals surface area contributed by atoms with Gasteiger partial charge in [-0.2, -0.15) is 0 Å². The van der Waals surface area contributed by atoms with E-state index in [1.807, 2.05) is 0 Å². The molecule has 132 valence electrons. The van der Waals surface area contributed by atoms with Crippen LogP contribution in [-0.2, 0) is 14.3 Å². The zero-order valence-electron chi connectivity index (χ0n) is 13.2. The average Bonchev–Trinajstić information content (AvgIpc) is 2.59. The van der Waals surface area contributed by atoms with Crippen LogP contribution < -0.4 is 10.6 Å². The number of hydrogen-bond donors (Lipinski definition) is 2. The number of anilines is 1. The molecule has 0 bridgehead atoms. The maximum atomic E-state index is 13.1. The van der Waals surface area contributed by atoms with Gasteiger partial charge in [0.05, 0.1) is 5.02 Å². The zero-order chi connectivity index (χ0) is 18.4. The molecular formula is C17H15Cl2FN2O3. The molecule has 0 aliphatic carbocycles. The van der Waals surface area contributed by atoms with Crippen molar-refractivity contribution in [1.29, 1.82) is 0 Å². The van der Waals surface area contributed by atoms with Crippen molar-refractivity contribution in [2.45, 2.75) is 6.10 Å². The van der Waals surface area contributed by atoms with Crippen LogP contribution in [0.3, 0.4) is 0 Å². The normalized spacial score (nSPS) is 11.7. The minimum absolute atomic E-state index is 0.0522. The highest BCUT2D eigenvalue weighted by atomic mass is 35.5. The first kappa shape index (κ1) is 19.2. The van der Waals surface area contributed by atoms with E-state index in [0.717, 1.165) is 6.07 Å². The largest absolute Gasteiger partial charge is 0.375 e. The van der Waals surface area contributed by atoms with Crippen LogP contribution in [0.25, 0.3) is 0 Å². The lowest BCUT2D eigenvalue weighted by atomic mass is 10.1. The summed E-state index contributed by atoms with van der Waals surface area (Å²) in [6, 6.07) is 10.6. The first-order chi connectivity index (χ1) is 11.9. The van der Waals surface area contributed by atoms with Crippen LogP contribution in [0.2, 0.25) is 10.0 Å². The number of hydrogen-bond acceptors (Lipinski definition) is 3. The molecule has 2 N–H and O–H groups in total. The molecule has 0 fully saturated rings. The highest BCUT2D eigenvalue weighted by Crippen LogP contribution is 2.24. The summed E-state index contributed by atoms with van der Waals surface area (Å²) in [5.41, 5.74) is 0.902. The van der Waals surface area contributed by atoms with Gasteiger partial charge in [-0.15, -0.1) is 0 Å². The number of halogens is 3. The molecule has 2 rings (SSSR count). The minimum Gasteiger partial charge on any atom is -0.375 e. The highest BCUT2D eigenvalue weighted by Gasteiger charge is 2.19. The van der Waals surface area contributed by atoms with E-state index >= 15 is 0 Å². The first-order valence-electron chi connectivity index (χ1n) is 7.24. The molecule has 8 heteroatoms. The summed E-state index contributed by atoms with van der Waals surface area (Å²) in [7, 11) is 1.47. The van der Waals surface area contributed by atoms with Crippen LogP contribution in [0, 0.1) is 5.82 Å². The fraction of sp³-hybridized carbons (Fsp3) is 0.176. The molecule has 25 heavy (non-hydrogen) atoms. The number of ether oxygens (including phenoxy) is 1. The van der Waals surface area contributed by atoms with Gasteiger partial charge in [-0.3, -0.25) is 9.59 Å². The van der Waals surface area contributed by atoms with Gasteiger partial charge in [0, 0.05) is 29.9 Å². The highest BCUT2D eigenvalue weighted by molar-refractivity contribution is 6.39. The van der Waals surface area contributed by atoms with Crippen LogP contribution in [0.4, 0.5) is 10.1 Å². The molecule has 0 spiro atoms. The Morgan fingerprint density at radius 2 is 1.84 bits per heavy atom. The van der Waals surface area contributed by atoms with Crippen molar-refractivity contribution in [2.75, 3.05) is 19.0 Å². The molecule has 0 unspecified atom stereocenters. The van der Waals surface area contributed by atoms with Crippen LogP contribution in [0.5, 0.6) is 0 Å². The summed E-state index contributed by atoms with van der Waals surface area (Å²) in [6.45, 7) is 0.0522. The number of methoxy groups -OCH3 is 1. The number of amides is 2. The van der Waals surface area contributed by atoms with Crippen molar-refractivity contribution in [3.05, 3.63) is 63.9 Å². The molecular weight excluding hydrogens is 370 g/mol. The standard InChI is InChI=1S/C17H15Cl2FN2O3/c1-25-15(11-4-2-3-5-12(11)18)9-21-16(23)17(24)22-10-6-7-14(20)13(19)8-10/h2-8,15H,9H2,1H3,(H,21,23)(H,22,24)/t15-/m1/s1. The van der Waals surface area contributed by atoms with Gasteiger partial charge in [0.2, 0.25) is 0 Å². The van der Waals surface area contributed by atoms with E-state index in [9.17, 15) is 14.0 Å². The molecule has 0 heterocycles. The molecule has 0 saturated carbocycles. The fourth-order valence-electron chi connectivity index (χ4n) is 2.08. The van der Waals surface area contributed by atoms with Gasteiger partial charge in [-0.1, -0.05) is 41.4 Å². The fourth-order valence-corrected chi connectivity index (χ4v) is 2.52. The SMILES string of the molecule is CO[C@H](CNC(=O)C(=O)Nc1ccc(F)c(Cl)c1)c1ccccc1Cl. The summed E-state index contributed by atoms with van der Waals surface area (Å²) < 4.78 is 18.4. The van der Waals surface area contributed by atoms with Gasteiger partial charge in [-0.25, -0.2) is 4.39 Å². The molecule has 0 aliphatic heterocycles. The molecule has 0 aliphatic rings. The smallest absolute Gasteiger partial charge is 0.313 e. The van der Waals surface area contributed by atoms with Gasteiger partial charge in [0.25, 0.3) is 0 Å². The Kier molecular flexibility index (Phi) is 6.75. The van der Waals surface area contributed by atoms with E-state index in [4.69, 9.17) is 27.9 Å². The maximum Gasteiger partial charge on any atom is 0.313 e. The van der Waals surface area contributed by atoms with Crippen molar-refractivity contribution < 1.29 is 18.7 Å². The maximum absolute atomic E-state index is 13.1. The van der Waals surface area contributed by atoms with Crippen LogP contribution >= 0.6 is 23.2 Å². The molecule has 0 radical (unpaired) electrons. The van der Waals surface area contributed by atoms with E-state index in [1.54, 1.807) is 24.3 Å². The summed E-state index contributed by atoms with van der Waals surface area (Å²) in [6.07, 6.45) is -0.509. The van der Waals surface area contributed by atoms with Gasteiger partial charge >= 0.3 is 11.8 Å². The first-order valence-corrected chi connectivity index (χ1v) is 7.99. The number of benzene rings is 2. The topological polar surface area (TPSA) is 67.4 Å². The zero-order valence-corrected chi connectivity index (χ0v) is 14.7. The van der Waals surface area contributed by atoms with E-state index in [0.29, 0.717) is 10.6 Å². The van der Waals surface area contributed by atoms with Crippen LogP contribution in [0.15, 0.2) is 42.5 Å². The lowest BCUT2D eigenvalue weighted by molar-refractivity contribution is -0.136. The number of carbonyl (C=O) groups is 2. The summed E-state index contributed by atoms with van der Waals surface area (Å²) in [5, 5.41) is 5.14. The molecule has 0 saturated heterocycles. The lowest BCUT2D eigenvalue weighted by Crippen LogP contribution is -2.38. The Balaban J connectivity index is 1.95. The van der Waals surface area contributed by atoms with Crippen LogP contribution in [0.1, 0.15) is 11.7 Å². The predicted octanol–water partition coefficient (Wildman–Crippen LogP) is 3.57.